The average Bonchev–Trinajstić information content (AvgIpc) is 3.47. The van der Waals surface area contributed by atoms with E-state index in [1.54, 1.807) is 11.8 Å². The van der Waals surface area contributed by atoms with Crippen molar-refractivity contribution < 1.29 is 14.6 Å². The number of nitrogens with zero attached hydrogens (tertiary/aromatic N) is 3. The highest BCUT2D eigenvalue weighted by Gasteiger charge is 2.69. The number of hydrogen-bond donors (Lipinski definition) is 1. The molecule has 1 heterocycles. The normalized spacial score (nSPS) is 42.7. The van der Waals surface area contributed by atoms with E-state index in [-0.39, 0.29) is 51.7 Å². The van der Waals surface area contributed by atoms with Gasteiger partial charge in [-0.15, -0.1) is 5.10 Å². The van der Waals surface area contributed by atoms with Crippen LogP contribution in [0, 0.1) is 50.2 Å². The summed E-state index contributed by atoms with van der Waals surface area (Å²) in [4.78, 5) is 14.5. The van der Waals surface area contributed by atoms with Gasteiger partial charge in [0.2, 0.25) is 0 Å². The lowest BCUT2D eigenvalue weighted by Gasteiger charge is -2.71. The molecule has 1 aromatic rings. The van der Waals surface area contributed by atoms with E-state index in [1.165, 1.54) is 18.4 Å². The minimum absolute atomic E-state index is 0.0108. The van der Waals surface area contributed by atoms with Gasteiger partial charge in [0.05, 0.1) is 17.7 Å². The van der Waals surface area contributed by atoms with Crippen molar-refractivity contribution >= 4 is 11.7 Å². The van der Waals surface area contributed by atoms with E-state index in [4.69, 9.17) is 4.74 Å². The van der Waals surface area contributed by atoms with Crippen molar-refractivity contribution in [1.29, 1.82) is 0 Å². The summed E-state index contributed by atoms with van der Waals surface area (Å²) in [5.41, 5.74) is 4.90. The molecule has 1 aromatic heterocycles. The molecule has 6 aliphatic rings. The molecule has 6 nitrogen and oxygen atoms in total. The molecule has 46 heavy (non-hydrogen) atoms. The number of carbonyl (C=O) groups excluding carboxylic acids is 1. The maximum atomic E-state index is 14.5. The first-order valence-corrected chi connectivity index (χ1v) is 18.4. The van der Waals surface area contributed by atoms with Gasteiger partial charge in [0, 0.05) is 5.70 Å². The fourth-order valence-corrected chi connectivity index (χ4v) is 12.5. The third kappa shape index (κ3) is 4.54. The van der Waals surface area contributed by atoms with Crippen molar-refractivity contribution in [3.63, 3.8) is 0 Å². The van der Waals surface area contributed by atoms with Crippen molar-refractivity contribution in [2.45, 2.75) is 145 Å². The van der Waals surface area contributed by atoms with Gasteiger partial charge in [0.15, 0.2) is 0 Å². The minimum atomic E-state index is -0.468. The number of aliphatic hydroxyl groups is 1. The van der Waals surface area contributed by atoms with Crippen LogP contribution < -0.4 is 0 Å². The molecule has 1 N–H and O–H groups in total. The number of ether oxygens (including phenoxy) is 1. The van der Waals surface area contributed by atoms with Crippen LogP contribution in [0.3, 0.4) is 0 Å². The average molecular weight is 630 g/mol. The van der Waals surface area contributed by atoms with Crippen LogP contribution >= 0.6 is 0 Å². The zero-order chi connectivity index (χ0) is 32.9. The van der Waals surface area contributed by atoms with Gasteiger partial charge in [0.1, 0.15) is 12.3 Å². The summed E-state index contributed by atoms with van der Waals surface area (Å²) in [5, 5.41) is 19.7. The minimum Gasteiger partial charge on any atom is -0.459 e. The number of hydrogen-bond acceptors (Lipinski definition) is 5. The largest absolute Gasteiger partial charge is 0.459 e. The van der Waals surface area contributed by atoms with Crippen LogP contribution in [0.4, 0.5) is 0 Å². The summed E-state index contributed by atoms with van der Waals surface area (Å²) >= 11 is 0. The first-order chi connectivity index (χ1) is 21.6. The standard InChI is InChI=1S/C40H59N3O3/c1-26-10-9-11-27(22-26)43-28(24-41-42-43)25-46-34(45)40-20-18-35(2,3)23-30(40)29-12-13-32-37(6)16-15-33(44)36(4,5)31(37)14-17-39(32,8)38(29,7)19-21-40/h10,12,22,24,30-33,44H,9,11,13-21,23,25H2,1-8H3/t30?,31?,32?,33-,37-,38+,39+,40-/m0/s1. The summed E-state index contributed by atoms with van der Waals surface area (Å²) in [6.07, 6.45) is 20.9. The molecule has 3 unspecified atom stereocenters. The molecule has 0 aliphatic heterocycles. The fourth-order valence-electron chi connectivity index (χ4n) is 12.5. The summed E-state index contributed by atoms with van der Waals surface area (Å²) in [6, 6.07) is 0. The Hall–Kier alpha value is -2.21. The molecule has 0 amide bonds. The van der Waals surface area contributed by atoms with Crippen LogP contribution in [-0.4, -0.2) is 32.2 Å². The van der Waals surface area contributed by atoms with Crippen molar-refractivity contribution in [1.82, 2.24) is 15.0 Å². The van der Waals surface area contributed by atoms with Gasteiger partial charge in [-0.3, -0.25) is 4.79 Å². The molecule has 0 spiro atoms. The maximum Gasteiger partial charge on any atom is 0.313 e. The number of allylic oxidation sites excluding steroid dienone is 6. The van der Waals surface area contributed by atoms with E-state index < -0.39 is 5.41 Å². The number of aromatic nitrogens is 3. The topological polar surface area (TPSA) is 77.2 Å². The van der Waals surface area contributed by atoms with Crippen molar-refractivity contribution in [2.24, 2.45) is 50.2 Å². The number of rotatable bonds is 4. The van der Waals surface area contributed by atoms with E-state index in [9.17, 15) is 9.90 Å². The molecule has 7 rings (SSSR count). The van der Waals surface area contributed by atoms with Gasteiger partial charge < -0.3 is 9.84 Å². The summed E-state index contributed by atoms with van der Waals surface area (Å²) in [5.74, 6) is 1.34. The molecule has 0 radical (unpaired) electrons. The lowest BCUT2D eigenvalue weighted by molar-refractivity contribution is -0.206. The highest BCUT2D eigenvalue weighted by atomic mass is 16.5. The SMILES string of the molecule is CC1=CCCC(n2nncc2COC(=O)[C@]23CCC(C)(C)CC2C2=CCC4[C@@]5(C)CC[C@H](O)C(C)(C)C5CC[C@@]4(C)[C@]2(C)CC3)=C1. The quantitative estimate of drug-likeness (QED) is 0.266. The second kappa shape index (κ2) is 10.6. The van der Waals surface area contributed by atoms with Gasteiger partial charge in [0.25, 0.3) is 0 Å². The van der Waals surface area contributed by atoms with Gasteiger partial charge in [-0.2, -0.15) is 0 Å². The number of aliphatic hydroxyl groups excluding tert-OH is 1. The van der Waals surface area contributed by atoms with Gasteiger partial charge >= 0.3 is 5.97 Å². The zero-order valence-corrected chi connectivity index (χ0v) is 29.9. The third-order valence-corrected chi connectivity index (χ3v) is 15.5. The Balaban J connectivity index is 1.20. The zero-order valence-electron chi connectivity index (χ0n) is 29.9. The molecular formula is C40H59N3O3. The Kier molecular flexibility index (Phi) is 7.48. The van der Waals surface area contributed by atoms with E-state index >= 15 is 0 Å². The van der Waals surface area contributed by atoms with Gasteiger partial charge in [-0.25, -0.2) is 4.68 Å². The van der Waals surface area contributed by atoms with E-state index in [0.29, 0.717) is 11.8 Å². The predicted octanol–water partition coefficient (Wildman–Crippen LogP) is 9.06. The monoisotopic (exact) mass is 629 g/mol. The van der Waals surface area contributed by atoms with E-state index in [1.807, 2.05) is 4.68 Å². The molecule has 8 atom stereocenters. The second-order valence-corrected chi connectivity index (χ2v) is 18.6. The van der Waals surface area contributed by atoms with Gasteiger partial charge in [-0.05, 0) is 135 Å². The first-order valence-electron chi connectivity index (χ1n) is 18.4. The van der Waals surface area contributed by atoms with Crippen LogP contribution in [0.1, 0.15) is 138 Å². The van der Waals surface area contributed by atoms with E-state index in [0.717, 1.165) is 75.6 Å². The lowest BCUT2D eigenvalue weighted by atomic mass is 9.33. The molecule has 6 heteroatoms. The Morgan fingerprint density at radius 2 is 1.74 bits per heavy atom. The van der Waals surface area contributed by atoms with Crippen molar-refractivity contribution in [3.05, 3.63) is 41.3 Å². The second-order valence-electron chi connectivity index (χ2n) is 18.6. The summed E-state index contributed by atoms with van der Waals surface area (Å²) < 4.78 is 8.23. The van der Waals surface area contributed by atoms with Crippen LogP contribution in [-0.2, 0) is 16.1 Å². The van der Waals surface area contributed by atoms with Crippen LogP contribution in [0.25, 0.3) is 5.70 Å². The molecule has 6 aliphatic carbocycles. The van der Waals surface area contributed by atoms with Gasteiger partial charge in [-0.1, -0.05) is 77.0 Å². The molecule has 4 saturated carbocycles. The van der Waals surface area contributed by atoms with Crippen LogP contribution in [0.2, 0.25) is 0 Å². The first kappa shape index (κ1) is 32.3. The lowest BCUT2D eigenvalue weighted by Crippen LogP contribution is -2.65. The van der Waals surface area contributed by atoms with E-state index in [2.05, 4.69) is 83.9 Å². The summed E-state index contributed by atoms with van der Waals surface area (Å²) in [6.45, 7) is 19.6. The Bertz CT molecular complexity index is 1500. The van der Waals surface area contributed by atoms with Crippen LogP contribution in [0.15, 0.2) is 35.6 Å². The van der Waals surface area contributed by atoms with Crippen LogP contribution in [0.5, 0.6) is 0 Å². The Labute approximate surface area is 277 Å². The molecule has 0 saturated heterocycles. The Morgan fingerprint density at radius 3 is 2.50 bits per heavy atom. The number of esters is 1. The predicted molar refractivity (Wildman–Crippen MR) is 182 cm³/mol. The summed E-state index contributed by atoms with van der Waals surface area (Å²) in [7, 11) is 0. The Morgan fingerprint density at radius 1 is 0.978 bits per heavy atom. The molecule has 4 fully saturated rings. The maximum absolute atomic E-state index is 14.5. The number of fused-ring (bicyclic) bond motifs is 7. The van der Waals surface area contributed by atoms with Crippen molar-refractivity contribution in [2.75, 3.05) is 0 Å². The highest BCUT2D eigenvalue weighted by molar-refractivity contribution is 5.79. The highest BCUT2D eigenvalue weighted by Crippen LogP contribution is 2.75. The third-order valence-electron chi connectivity index (χ3n) is 15.5. The molecule has 0 aromatic carbocycles. The molecular weight excluding hydrogens is 570 g/mol. The molecule has 0 bridgehead atoms. The van der Waals surface area contributed by atoms with Crippen molar-refractivity contribution in [3.8, 4) is 0 Å². The molecule has 252 valence electrons. The smallest absolute Gasteiger partial charge is 0.313 e. The fraction of sp³-hybridized carbons (Fsp3) is 0.775. The number of carbonyl (C=O) groups is 1.